The average molecular weight is 434 g/mol. The highest BCUT2D eigenvalue weighted by Crippen LogP contribution is 2.19. The highest BCUT2D eigenvalue weighted by Gasteiger charge is 2.19. The van der Waals surface area contributed by atoms with E-state index in [-0.39, 0.29) is 18.4 Å². The van der Waals surface area contributed by atoms with Crippen molar-refractivity contribution in [1.29, 1.82) is 0 Å². The number of hydrogen-bond donors (Lipinski definition) is 1. The first-order valence-electron chi connectivity index (χ1n) is 10.8. The van der Waals surface area contributed by atoms with Crippen molar-refractivity contribution >= 4 is 11.8 Å². The molecule has 1 fully saturated rings. The van der Waals surface area contributed by atoms with Crippen molar-refractivity contribution in [2.24, 2.45) is 0 Å². The van der Waals surface area contributed by atoms with Gasteiger partial charge in [0.05, 0.1) is 0 Å². The molecule has 32 heavy (non-hydrogen) atoms. The van der Waals surface area contributed by atoms with E-state index in [4.69, 9.17) is 9.26 Å². The fourth-order valence-electron chi connectivity index (χ4n) is 3.56. The Hall–Kier alpha value is -3.68. The van der Waals surface area contributed by atoms with Crippen molar-refractivity contribution < 1.29 is 18.8 Å². The summed E-state index contributed by atoms with van der Waals surface area (Å²) in [6, 6.07) is 15.8. The van der Waals surface area contributed by atoms with Gasteiger partial charge in [0.2, 0.25) is 11.7 Å². The minimum Gasteiger partial charge on any atom is -0.484 e. The summed E-state index contributed by atoms with van der Waals surface area (Å²) in [6.07, 6.45) is 3.23. The Kier molecular flexibility index (Phi) is 6.79. The molecule has 0 radical (unpaired) electrons. The summed E-state index contributed by atoms with van der Waals surface area (Å²) < 4.78 is 11.0. The monoisotopic (exact) mass is 434 g/mol. The summed E-state index contributed by atoms with van der Waals surface area (Å²) in [7, 11) is 0. The molecule has 0 saturated carbocycles. The maximum Gasteiger partial charge on any atom is 0.260 e. The van der Waals surface area contributed by atoms with E-state index >= 15 is 0 Å². The molecule has 0 unspecified atom stereocenters. The number of nitrogens with one attached hydrogen (secondary N) is 1. The number of rotatable bonds is 7. The van der Waals surface area contributed by atoms with E-state index in [0.717, 1.165) is 37.9 Å². The zero-order valence-electron chi connectivity index (χ0n) is 18.0. The maximum absolute atomic E-state index is 12.7. The zero-order chi connectivity index (χ0) is 22.3. The molecule has 1 atom stereocenters. The van der Waals surface area contributed by atoms with Gasteiger partial charge in [-0.2, -0.15) is 4.98 Å². The van der Waals surface area contributed by atoms with Gasteiger partial charge in [-0.1, -0.05) is 41.6 Å². The molecular weight excluding hydrogens is 408 g/mol. The molecule has 1 aliphatic rings. The predicted molar refractivity (Wildman–Crippen MR) is 118 cm³/mol. The lowest BCUT2D eigenvalue weighted by Crippen LogP contribution is -2.38. The van der Waals surface area contributed by atoms with Gasteiger partial charge < -0.3 is 19.5 Å². The van der Waals surface area contributed by atoms with Gasteiger partial charge in [0.15, 0.2) is 6.61 Å². The van der Waals surface area contributed by atoms with E-state index in [9.17, 15) is 9.59 Å². The number of aromatic nitrogens is 2. The summed E-state index contributed by atoms with van der Waals surface area (Å²) in [5.74, 6) is 0.926. The number of carbonyl (C=O) groups is 2. The highest BCUT2D eigenvalue weighted by molar-refractivity contribution is 5.94. The molecule has 2 heterocycles. The van der Waals surface area contributed by atoms with Crippen LogP contribution in [-0.4, -0.2) is 46.6 Å². The molecule has 0 aliphatic carbocycles. The standard InChI is InChI=1S/C24H26N4O4/c1-17(24-26-22(27-32-24)18-9-4-2-5-10-18)25-23(30)19-11-8-12-20(15-19)31-16-21(29)28-13-6-3-7-14-28/h2,4-5,8-12,15,17H,3,6-7,13-14,16H2,1H3,(H,25,30)/t17-/m1/s1. The Balaban J connectivity index is 1.34. The molecule has 3 aromatic rings. The smallest absolute Gasteiger partial charge is 0.260 e. The van der Waals surface area contributed by atoms with Crippen molar-refractivity contribution in [3.8, 4) is 17.1 Å². The molecule has 8 nitrogen and oxygen atoms in total. The Morgan fingerprint density at radius 1 is 1.09 bits per heavy atom. The van der Waals surface area contributed by atoms with Crippen LogP contribution in [0.3, 0.4) is 0 Å². The van der Waals surface area contributed by atoms with E-state index in [2.05, 4.69) is 15.5 Å². The number of ether oxygens (including phenoxy) is 1. The van der Waals surface area contributed by atoms with Crippen LogP contribution in [0.25, 0.3) is 11.4 Å². The first-order chi connectivity index (χ1) is 15.6. The van der Waals surface area contributed by atoms with Gasteiger partial charge in [-0.3, -0.25) is 9.59 Å². The Morgan fingerprint density at radius 3 is 2.66 bits per heavy atom. The van der Waals surface area contributed by atoms with Gasteiger partial charge in [0.25, 0.3) is 11.8 Å². The van der Waals surface area contributed by atoms with Crippen LogP contribution < -0.4 is 10.1 Å². The second kappa shape index (κ2) is 10.1. The molecule has 1 aliphatic heterocycles. The van der Waals surface area contributed by atoms with Crippen LogP contribution in [0.2, 0.25) is 0 Å². The van der Waals surface area contributed by atoms with Crippen LogP contribution >= 0.6 is 0 Å². The number of carbonyl (C=O) groups excluding carboxylic acids is 2. The van der Waals surface area contributed by atoms with Gasteiger partial charge in [-0.25, -0.2) is 0 Å². The van der Waals surface area contributed by atoms with Gasteiger partial charge in [-0.15, -0.1) is 0 Å². The molecule has 166 valence electrons. The second-order valence-corrected chi connectivity index (χ2v) is 7.78. The van der Waals surface area contributed by atoms with Gasteiger partial charge in [-0.05, 0) is 44.4 Å². The molecule has 1 saturated heterocycles. The Bertz CT molecular complexity index is 1060. The topological polar surface area (TPSA) is 97.6 Å². The number of amides is 2. The van der Waals surface area contributed by atoms with Crippen LogP contribution in [0.5, 0.6) is 5.75 Å². The minimum absolute atomic E-state index is 0.0289. The molecule has 0 bridgehead atoms. The third kappa shape index (κ3) is 5.32. The van der Waals surface area contributed by atoms with Crippen molar-refractivity contribution in [1.82, 2.24) is 20.4 Å². The summed E-state index contributed by atoms with van der Waals surface area (Å²) in [6.45, 7) is 3.30. The van der Waals surface area contributed by atoms with Crippen LogP contribution in [-0.2, 0) is 4.79 Å². The van der Waals surface area contributed by atoms with Gasteiger partial charge >= 0.3 is 0 Å². The van der Waals surface area contributed by atoms with E-state index in [1.54, 1.807) is 31.2 Å². The lowest BCUT2D eigenvalue weighted by atomic mass is 10.1. The van der Waals surface area contributed by atoms with Crippen molar-refractivity contribution in [3.63, 3.8) is 0 Å². The van der Waals surface area contributed by atoms with E-state index < -0.39 is 6.04 Å². The van der Waals surface area contributed by atoms with Gasteiger partial charge in [0.1, 0.15) is 11.8 Å². The molecule has 1 aromatic heterocycles. The molecular formula is C24H26N4O4. The molecule has 2 amide bonds. The lowest BCUT2D eigenvalue weighted by molar-refractivity contribution is -0.134. The fraction of sp³-hybridized carbons (Fsp3) is 0.333. The van der Waals surface area contributed by atoms with E-state index in [1.807, 2.05) is 35.2 Å². The van der Waals surface area contributed by atoms with Crippen LogP contribution in [0, 0.1) is 0 Å². The normalized spacial score (nSPS) is 14.6. The predicted octanol–water partition coefficient (Wildman–Crippen LogP) is 3.62. The Morgan fingerprint density at radius 2 is 1.88 bits per heavy atom. The molecule has 4 rings (SSSR count). The number of piperidine rings is 1. The summed E-state index contributed by atoms with van der Waals surface area (Å²) in [5, 5.41) is 6.84. The lowest BCUT2D eigenvalue weighted by Gasteiger charge is -2.26. The molecule has 0 spiro atoms. The van der Waals surface area contributed by atoms with Gasteiger partial charge in [0, 0.05) is 24.2 Å². The third-order valence-corrected chi connectivity index (χ3v) is 5.36. The minimum atomic E-state index is -0.474. The van der Waals surface area contributed by atoms with E-state index in [0.29, 0.717) is 23.0 Å². The average Bonchev–Trinajstić information content (AvgIpc) is 3.34. The first kappa shape index (κ1) is 21.5. The third-order valence-electron chi connectivity index (χ3n) is 5.36. The molecule has 8 heteroatoms. The molecule has 1 N–H and O–H groups in total. The van der Waals surface area contributed by atoms with Crippen molar-refractivity contribution in [2.45, 2.75) is 32.2 Å². The van der Waals surface area contributed by atoms with Crippen molar-refractivity contribution in [3.05, 3.63) is 66.1 Å². The number of benzene rings is 2. The fourth-order valence-corrected chi connectivity index (χ4v) is 3.56. The van der Waals surface area contributed by atoms with E-state index in [1.165, 1.54) is 0 Å². The van der Waals surface area contributed by atoms with Crippen LogP contribution in [0.15, 0.2) is 59.1 Å². The highest BCUT2D eigenvalue weighted by atomic mass is 16.5. The second-order valence-electron chi connectivity index (χ2n) is 7.78. The van der Waals surface area contributed by atoms with Crippen molar-refractivity contribution in [2.75, 3.05) is 19.7 Å². The SMILES string of the molecule is C[C@@H](NC(=O)c1cccc(OCC(=O)N2CCCCC2)c1)c1nc(-c2ccccc2)no1. The quantitative estimate of drug-likeness (QED) is 0.610. The maximum atomic E-state index is 12.7. The first-order valence-corrected chi connectivity index (χ1v) is 10.8. The molecule has 2 aromatic carbocycles. The number of likely N-dealkylation sites (tertiary alicyclic amines) is 1. The van der Waals surface area contributed by atoms with Crippen LogP contribution in [0.4, 0.5) is 0 Å². The summed E-state index contributed by atoms with van der Waals surface area (Å²) in [5.41, 5.74) is 1.26. The largest absolute Gasteiger partial charge is 0.484 e. The zero-order valence-corrected chi connectivity index (χ0v) is 18.0. The van der Waals surface area contributed by atoms with Crippen LogP contribution in [0.1, 0.15) is 48.5 Å². The Labute approximate surface area is 186 Å². The summed E-state index contributed by atoms with van der Waals surface area (Å²) in [4.78, 5) is 31.2. The number of hydrogen-bond acceptors (Lipinski definition) is 6. The summed E-state index contributed by atoms with van der Waals surface area (Å²) >= 11 is 0. The number of nitrogens with zero attached hydrogens (tertiary/aromatic N) is 3.